The summed E-state index contributed by atoms with van der Waals surface area (Å²) in [5.74, 6) is 1.47. The number of rotatable bonds is 5. The molecule has 2 aromatic heterocycles. The van der Waals surface area contributed by atoms with Gasteiger partial charge in [0.05, 0.1) is 24.7 Å². The molecule has 1 aliphatic rings. The fourth-order valence-electron chi connectivity index (χ4n) is 4.27. The van der Waals surface area contributed by atoms with E-state index in [1.54, 1.807) is 18.0 Å². The van der Waals surface area contributed by atoms with Crippen molar-refractivity contribution in [3.8, 4) is 23.0 Å². The lowest BCUT2D eigenvalue weighted by molar-refractivity contribution is -0.116. The summed E-state index contributed by atoms with van der Waals surface area (Å²) in [4.78, 5) is 17.3. The van der Waals surface area contributed by atoms with Crippen molar-refractivity contribution in [1.82, 2.24) is 25.0 Å². The second-order valence-electron chi connectivity index (χ2n) is 8.03. The minimum absolute atomic E-state index is 0.0647. The summed E-state index contributed by atoms with van der Waals surface area (Å²) in [6, 6.07) is 16.0. The molecule has 166 valence electrons. The van der Waals surface area contributed by atoms with Crippen LogP contribution < -0.4 is 10.1 Å². The summed E-state index contributed by atoms with van der Waals surface area (Å²) in [6.45, 7) is 4.07. The molecule has 33 heavy (non-hydrogen) atoms. The average molecular weight is 441 g/mol. The molecule has 8 heteroatoms. The molecule has 5 rings (SSSR count). The second kappa shape index (κ2) is 8.46. The minimum atomic E-state index is -0.0806. The van der Waals surface area contributed by atoms with E-state index in [0.717, 1.165) is 34.6 Å². The standard InChI is InChI=1S/C25H24N6O2/c1-4-16-8-10-17(11-9-16)20-13-22(32)28-24-23(20)15(2)30-31(24)25-27-21(14-26-29-25)18-6-5-7-19(12-18)33-3/h5-12,14,20H,4,13H2,1-3H3,(H,28,32). The third kappa shape index (κ3) is 3.84. The summed E-state index contributed by atoms with van der Waals surface area (Å²) < 4.78 is 6.90. The summed E-state index contributed by atoms with van der Waals surface area (Å²) in [7, 11) is 1.62. The van der Waals surface area contributed by atoms with E-state index >= 15 is 0 Å². The number of nitrogens with one attached hydrogen (secondary N) is 1. The van der Waals surface area contributed by atoms with Gasteiger partial charge in [-0.25, -0.2) is 4.98 Å². The van der Waals surface area contributed by atoms with Crippen molar-refractivity contribution in [3.05, 3.63) is 77.1 Å². The van der Waals surface area contributed by atoms with Gasteiger partial charge < -0.3 is 10.1 Å². The Bertz CT molecular complexity index is 1330. The Kier molecular flexibility index (Phi) is 5.34. The van der Waals surface area contributed by atoms with Gasteiger partial charge >= 0.3 is 0 Å². The summed E-state index contributed by atoms with van der Waals surface area (Å²) in [6.07, 6.45) is 2.94. The molecule has 1 atom stereocenters. The van der Waals surface area contributed by atoms with Gasteiger partial charge in [0.2, 0.25) is 5.91 Å². The Morgan fingerprint density at radius 2 is 2.00 bits per heavy atom. The number of nitrogens with zero attached hydrogens (tertiary/aromatic N) is 5. The van der Waals surface area contributed by atoms with Crippen LogP contribution in [-0.4, -0.2) is 38.0 Å². The van der Waals surface area contributed by atoms with Gasteiger partial charge in [0, 0.05) is 23.5 Å². The quantitative estimate of drug-likeness (QED) is 0.503. The molecule has 1 unspecified atom stereocenters. The maximum atomic E-state index is 12.7. The van der Waals surface area contributed by atoms with Crippen LogP contribution in [0.5, 0.6) is 5.75 Å². The van der Waals surface area contributed by atoms with Gasteiger partial charge in [-0.15, -0.1) is 5.10 Å². The van der Waals surface area contributed by atoms with Crippen LogP contribution in [0.25, 0.3) is 17.2 Å². The van der Waals surface area contributed by atoms with E-state index in [1.165, 1.54) is 5.56 Å². The first kappa shape index (κ1) is 20.8. The number of aryl methyl sites for hydroxylation is 2. The highest BCUT2D eigenvalue weighted by molar-refractivity contribution is 5.95. The maximum Gasteiger partial charge on any atom is 0.272 e. The van der Waals surface area contributed by atoms with Crippen LogP contribution in [-0.2, 0) is 11.2 Å². The number of carbonyl (C=O) groups excluding carboxylic acids is 1. The van der Waals surface area contributed by atoms with Gasteiger partial charge in [-0.05, 0) is 36.6 Å². The van der Waals surface area contributed by atoms with Crippen molar-refractivity contribution < 1.29 is 9.53 Å². The van der Waals surface area contributed by atoms with E-state index in [9.17, 15) is 4.79 Å². The first-order chi connectivity index (χ1) is 16.1. The summed E-state index contributed by atoms with van der Waals surface area (Å²) >= 11 is 0. The smallest absolute Gasteiger partial charge is 0.272 e. The van der Waals surface area contributed by atoms with Gasteiger partial charge in [0.15, 0.2) is 0 Å². The third-order valence-electron chi connectivity index (χ3n) is 6.00. The van der Waals surface area contributed by atoms with Crippen LogP contribution >= 0.6 is 0 Å². The first-order valence-electron chi connectivity index (χ1n) is 10.9. The molecule has 0 bridgehead atoms. The van der Waals surface area contributed by atoms with Crippen LogP contribution in [0.3, 0.4) is 0 Å². The maximum absolute atomic E-state index is 12.7. The van der Waals surface area contributed by atoms with Crippen LogP contribution in [0.1, 0.15) is 41.6 Å². The molecular formula is C25H24N6O2. The predicted octanol–water partition coefficient (Wildman–Crippen LogP) is 4.08. The lowest BCUT2D eigenvalue weighted by Gasteiger charge is -2.24. The highest BCUT2D eigenvalue weighted by atomic mass is 16.5. The van der Waals surface area contributed by atoms with Crippen molar-refractivity contribution >= 4 is 11.7 Å². The molecule has 4 aromatic rings. The van der Waals surface area contributed by atoms with Crippen LogP contribution in [0.4, 0.5) is 5.82 Å². The number of carbonyl (C=O) groups is 1. The fourth-order valence-corrected chi connectivity index (χ4v) is 4.27. The lowest BCUT2D eigenvalue weighted by Crippen LogP contribution is -2.25. The number of benzene rings is 2. The predicted molar refractivity (Wildman–Crippen MR) is 125 cm³/mol. The summed E-state index contributed by atoms with van der Waals surface area (Å²) in [5.41, 5.74) is 5.64. The molecule has 0 saturated carbocycles. The number of anilines is 1. The fraction of sp³-hybridized carbons (Fsp3) is 0.240. The normalized spacial score (nSPS) is 15.1. The van der Waals surface area contributed by atoms with E-state index < -0.39 is 0 Å². The molecule has 1 N–H and O–H groups in total. The first-order valence-corrected chi connectivity index (χ1v) is 10.9. The zero-order valence-electron chi connectivity index (χ0n) is 18.7. The number of amides is 1. The number of hydrogen-bond donors (Lipinski definition) is 1. The second-order valence-corrected chi connectivity index (χ2v) is 8.03. The SMILES string of the molecule is CCc1ccc(C2CC(=O)Nc3c2c(C)nn3-c2nncc(-c3cccc(OC)c3)n2)cc1. The van der Waals surface area contributed by atoms with Crippen molar-refractivity contribution in [3.63, 3.8) is 0 Å². The van der Waals surface area contributed by atoms with Crippen LogP contribution in [0, 0.1) is 6.92 Å². The highest BCUT2D eigenvalue weighted by Crippen LogP contribution is 2.40. The zero-order valence-corrected chi connectivity index (χ0v) is 18.7. The largest absolute Gasteiger partial charge is 0.497 e. The van der Waals surface area contributed by atoms with Gasteiger partial charge in [-0.2, -0.15) is 14.9 Å². The van der Waals surface area contributed by atoms with Gasteiger partial charge in [0.25, 0.3) is 5.95 Å². The minimum Gasteiger partial charge on any atom is -0.497 e. The number of ether oxygens (including phenoxy) is 1. The van der Waals surface area contributed by atoms with Crippen LogP contribution in [0.2, 0.25) is 0 Å². The molecule has 0 aliphatic carbocycles. The molecule has 2 aromatic carbocycles. The van der Waals surface area contributed by atoms with Crippen LogP contribution in [0.15, 0.2) is 54.7 Å². The van der Waals surface area contributed by atoms with Crippen molar-refractivity contribution in [2.24, 2.45) is 0 Å². The van der Waals surface area contributed by atoms with Crippen molar-refractivity contribution in [1.29, 1.82) is 0 Å². The number of methoxy groups -OCH3 is 1. The van der Waals surface area contributed by atoms with E-state index in [0.29, 0.717) is 23.9 Å². The van der Waals surface area contributed by atoms with Gasteiger partial charge in [0.1, 0.15) is 11.6 Å². The average Bonchev–Trinajstić information content (AvgIpc) is 3.19. The molecule has 8 nitrogen and oxygen atoms in total. The zero-order chi connectivity index (χ0) is 22.9. The van der Waals surface area contributed by atoms with Gasteiger partial charge in [-0.3, -0.25) is 4.79 Å². The molecule has 0 spiro atoms. The lowest BCUT2D eigenvalue weighted by atomic mass is 9.85. The topological polar surface area (TPSA) is 94.8 Å². The summed E-state index contributed by atoms with van der Waals surface area (Å²) in [5, 5.41) is 16.0. The van der Waals surface area contributed by atoms with Crippen molar-refractivity contribution in [2.75, 3.05) is 12.4 Å². The number of aromatic nitrogens is 5. The molecule has 0 fully saturated rings. The number of fused-ring (bicyclic) bond motifs is 1. The molecule has 1 amide bonds. The molecule has 0 radical (unpaired) electrons. The Hall–Kier alpha value is -4.07. The van der Waals surface area contributed by atoms with E-state index in [4.69, 9.17) is 4.74 Å². The van der Waals surface area contributed by atoms with Gasteiger partial charge in [-0.1, -0.05) is 43.3 Å². The Balaban J connectivity index is 1.58. The Morgan fingerprint density at radius 1 is 1.18 bits per heavy atom. The van der Waals surface area contributed by atoms with E-state index in [1.807, 2.05) is 31.2 Å². The Labute approximate surface area is 191 Å². The third-order valence-corrected chi connectivity index (χ3v) is 6.00. The molecule has 1 aliphatic heterocycles. The molecular weight excluding hydrogens is 416 g/mol. The highest BCUT2D eigenvalue weighted by Gasteiger charge is 2.33. The monoisotopic (exact) mass is 440 g/mol. The van der Waals surface area contributed by atoms with E-state index in [-0.39, 0.29) is 11.8 Å². The van der Waals surface area contributed by atoms with Crippen molar-refractivity contribution in [2.45, 2.75) is 32.6 Å². The number of hydrogen-bond acceptors (Lipinski definition) is 6. The molecule has 3 heterocycles. The Morgan fingerprint density at radius 3 is 2.76 bits per heavy atom. The molecule has 0 saturated heterocycles. The van der Waals surface area contributed by atoms with E-state index in [2.05, 4.69) is 56.8 Å².